The number of primary amides is 1. The Balaban J connectivity index is 1.65. The average molecular weight is 465 g/mol. The number of rotatable bonds is 11. The van der Waals surface area contributed by atoms with E-state index in [-0.39, 0.29) is 5.41 Å². The number of nitrogens with two attached hydrogens (primary N) is 1. The van der Waals surface area contributed by atoms with Crippen LogP contribution in [0, 0.1) is 0 Å². The van der Waals surface area contributed by atoms with Gasteiger partial charge in [0.15, 0.2) is 0 Å². The Labute approximate surface area is 202 Å². The van der Waals surface area contributed by atoms with Crippen molar-refractivity contribution in [2.75, 3.05) is 5.32 Å². The molecule has 1 amide bonds. The fourth-order valence-electron chi connectivity index (χ4n) is 4.34. The number of amides is 1. The Hall–Kier alpha value is -2.98. The van der Waals surface area contributed by atoms with Crippen LogP contribution in [0.15, 0.2) is 66.7 Å². The highest BCUT2D eigenvalue weighted by Crippen LogP contribution is 2.37. The zero-order valence-corrected chi connectivity index (χ0v) is 20.4. The molecule has 3 N–H and O–H groups in total. The van der Waals surface area contributed by atoms with Crippen molar-refractivity contribution >= 4 is 23.2 Å². The molecular formula is C28H33ClN2O2. The summed E-state index contributed by atoms with van der Waals surface area (Å²) in [6.45, 7) is 7.57. The SMILES string of the molecule is CCCC(CC)(CC)c1cccc(NCc2ccc(Oc3ccc(C(N)=O)cc3Cl)cc2)c1. The monoisotopic (exact) mass is 464 g/mol. The van der Waals surface area contributed by atoms with E-state index in [4.69, 9.17) is 22.1 Å². The number of nitrogens with one attached hydrogen (secondary N) is 1. The molecule has 0 saturated heterocycles. The van der Waals surface area contributed by atoms with E-state index in [0.717, 1.165) is 30.6 Å². The molecule has 0 heterocycles. The van der Waals surface area contributed by atoms with Gasteiger partial charge in [0.1, 0.15) is 11.5 Å². The van der Waals surface area contributed by atoms with Crippen molar-refractivity contribution in [3.8, 4) is 11.5 Å². The van der Waals surface area contributed by atoms with Gasteiger partial charge in [0.05, 0.1) is 5.02 Å². The molecule has 0 bridgehead atoms. The summed E-state index contributed by atoms with van der Waals surface area (Å²) in [6, 6.07) is 21.5. The van der Waals surface area contributed by atoms with Gasteiger partial charge in [-0.15, -0.1) is 0 Å². The van der Waals surface area contributed by atoms with Crippen molar-refractivity contribution in [1.82, 2.24) is 0 Å². The molecule has 0 atom stereocenters. The number of carbonyl (C=O) groups excluding carboxylic acids is 1. The first-order valence-electron chi connectivity index (χ1n) is 11.6. The third-order valence-corrected chi connectivity index (χ3v) is 6.72. The van der Waals surface area contributed by atoms with Gasteiger partial charge in [0, 0.05) is 17.8 Å². The van der Waals surface area contributed by atoms with Crippen LogP contribution in [0.3, 0.4) is 0 Å². The number of hydrogen-bond acceptors (Lipinski definition) is 3. The lowest BCUT2D eigenvalue weighted by Gasteiger charge is -2.32. The number of carbonyl (C=O) groups is 1. The standard InChI is InChI=1S/C28H33ClN2O2/c1-4-16-28(5-2,6-3)22-8-7-9-23(18-22)31-19-20-10-13-24(14-11-20)33-26-15-12-21(27(30)32)17-25(26)29/h7-15,17-18,31H,4-6,16,19H2,1-3H3,(H2,30,32). The maximum absolute atomic E-state index is 11.3. The number of halogens is 1. The van der Waals surface area contributed by atoms with Gasteiger partial charge in [-0.1, -0.05) is 63.1 Å². The van der Waals surface area contributed by atoms with Gasteiger partial charge in [-0.3, -0.25) is 4.79 Å². The van der Waals surface area contributed by atoms with E-state index in [0.29, 0.717) is 22.1 Å². The summed E-state index contributed by atoms with van der Waals surface area (Å²) in [5.41, 5.74) is 9.59. The number of benzene rings is 3. The minimum Gasteiger partial charge on any atom is -0.456 e. The van der Waals surface area contributed by atoms with Gasteiger partial charge in [-0.25, -0.2) is 0 Å². The normalized spacial score (nSPS) is 11.3. The van der Waals surface area contributed by atoms with E-state index < -0.39 is 5.91 Å². The largest absolute Gasteiger partial charge is 0.456 e. The molecule has 3 aromatic carbocycles. The van der Waals surface area contributed by atoms with E-state index in [2.05, 4.69) is 50.4 Å². The van der Waals surface area contributed by atoms with Crippen LogP contribution in [-0.4, -0.2) is 5.91 Å². The lowest BCUT2D eigenvalue weighted by molar-refractivity contribution is 0.100. The van der Waals surface area contributed by atoms with Gasteiger partial charge < -0.3 is 15.8 Å². The van der Waals surface area contributed by atoms with Gasteiger partial charge in [-0.2, -0.15) is 0 Å². The first kappa shape index (κ1) is 24.7. The fraction of sp³-hybridized carbons (Fsp3) is 0.321. The zero-order valence-electron chi connectivity index (χ0n) is 19.7. The van der Waals surface area contributed by atoms with E-state index in [1.807, 2.05) is 24.3 Å². The molecule has 174 valence electrons. The summed E-state index contributed by atoms with van der Waals surface area (Å²) in [6.07, 6.45) is 4.70. The van der Waals surface area contributed by atoms with E-state index in [1.54, 1.807) is 12.1 Å². The first-order valence-corrected chi connectivity index (χ1v) is 12.0. The Morgan fingerprint density at radius 2 is 1.73 bits per heavy atom. The molecule has 0 spiro atoms. The molecule has 0 aliphatic rings. The van der Waals surface area contributed by atoms with Crippen molar-refractivity contribution in [2.24, 2.45) is 5.73 Å². The van der Waals surface area contributed by atoms with E-state index in [9.17, 15) is 4.79 Å². The third-order valence-electron chi connectivity index (χ3n) is 6.42. The van der Waals surface area contributed by atoms with Crippen molar-refractivity contribution in [3.63, 3.8) is 0 Å². The highest BCUT2D eigenvalue weighted by atomic mass is 35.5. The highest BCUT2D eigenvalue weighted by molar-refractivity contribution is 6.32. The van der Waals surface area contributed by atoms with Crippen LogP contribution in [0.4, 0.5) is 5.69 Å². The molecular weight excluding hydrogens is 432 g/mol. The van der Waals surface area contributed by atoms with E-state index in [1.165, 1.54) is 24.5 Å². The second-order valence-electron chi connectivity index (χ2n) is 8.43. The predicted octanol–water partition coefficient (Wildman–Crippen LogP) is 7.70. The fourth-order valence-corrected chi connectivity index (χ4v) is 4.56. The smallest absolute Gasteiger partial charge is 0.248 e. The molecule has 4 nitrogen and oxygen atoms in total. The van der Waals surface area contributed by atoms with Gasteiger partial charge in [0.25, 0.3) is 0 Å². The van der Waals surface area contributed by atoms with Crippen molar-refractivity contribution in [2.45, 2.75) is 58.4 Å². The van der Waals surface area contributed by atoms with Crippen LogP contribution >= 0.6 is 11.6 Å². The van der Waals surface area contributed by atoms with Crippen molar-refractivity contribution in [3.05, 3.63) is 88.4 Å². The van der Waals surface area contributed by atoms with Crippen molar-refractivity contribution in [1.29, 1.82) is 0 Å². The quantitative estimate of drug-likeness (QED) is 0.305. The third kappa shape index (κ3) is 6.08. The van der Waals surface area contributed by atoms with Crippen LogP contribution in [0.2, 0.25) is 5.02 Å². The van der Waals surface area contributed by atoms with Crippen LogP contribution in [-0.2, 0) is 12.0 Å². The summed E-state index contributed by atoms with van der Waals surface area (Å²) in [7, 11) is 0. The van der Waals surface area contributed by atoms with Gasteiger partial charge >= 0.3 is 0 Å². The molecule has 3 aromatic rings. The lowest BCUT2D eigenvalue weighted by atomic mass is 9.72. The molecule has 5 heteroatoms. The van der Waals surface area contributed by atoms with E-state index >= 15 is 0 Å². The topological polar surface area (TPSA) is 64.3 Å². The first-order chi connectivity index (χ1) is 15.9. The Morgan fingerprint density at radius 1 is 1.00 bits per heavy atom. The summed E-state index contributed by atoms with van der Waals surface area (Å²) >= 11 is 6.21. The van der Waals surface area contributed by atoms with Crippen LogP contribution in [0.25, 0.3) is 0 Å². The molecule has 0 aromatic heterocycles. The second-order valence-corrected chi connectivity index (χ2v) is 8.83. The van der Waals surface area contributed by atoms with Crippen LogP contribution in [0.5, 0.6) is 11.5 Å². The summed E-state index contributed by atoms with van der Waals surface area (Å²) in [4.78, 5) is 11.3. The second kappa shape index (κ2) is 11.2. The van der Waals surface area contributed by atoms with Crippen LogP contribution < -0.4 is 15.8 Å². The van der Waals surface area contributed by atoms with Gasteiger partial charge in [-0.05, 0) is 78.3 Å². The molecule has 3 rings (SSSR count). The summed E-state index contributed by atoms with van der Waals surface area (Å²) < 4.78 is 5.86. The minimum absolute atomic E-state index is 0.252. The average Bonchev–Trinajstić information content (AvgIpc) is 2.83. The molecule has 0 fully saturated rings. The lowest BCUT2D eigenvalue weighted by Crippen LogP contribution is -2.24. The number of anilines is 1. The maximum atomic E-state index is 11.3. The molecule has 33 heavy (non-hydrogen) atoms. The highest BCUT2D eigenvalue weighted by Gasteiger charge is 2.27. The number of ether oxygens (including phenoxy) is 1. The van der Waals surface area contributed by atoms with Gasteiger partial charge in [0.2, 0.25) is 5.91 Å². The molecule has 0 radical (unpaired) electrons. The zero-order chi connectivity index (χ0) is 23.8. The minimum atomic E-state index is -0.522. The van der Waals surface area contributed by atoms with Crippen LogP contribution in [0.1, 0.15) is 67.9 Å². The Kier molecular flexibility index (Phi) is 8.40. The summed E-state index contributed by atoms with van der Waals surface area (Å²) in [5.74, 6) is 0.628. The maximum Gasteiger partial charge on any atom is 0.248 e. The Bertz CT molecular complexity index is 1080. The Morgan fingerprint density at radius 3 is 2.33 bits per heavy atom. The van der Waals surface area contributed by atoms with Crippen molar-refractivity contribution < 1.29 is 9.53 Å². The predicted molar refractivity (Wildman–Crippen MR) is 137 cm³/mol. The molecule has 0 saturated carbocycles. The number of hydrogen-bond donors (Lipinski definition) is 2. The summed E-state index contributed by atoms with van der Waals surface area (Å²) in [5, 5.41) is 3.90. The molecule has 0 aliphatic carbocycles. The molecule has 0 aliphatic heterocycles. The molecule has 0 unspecified atom stereocenters.